The highest BCUT2D eigenvalue weighted by Gasteiger charge is 2.38. The van der Waals surface area contributed by atoms with Crippen molar-refractivity contribution in [1.82, 2.24) is 24.6 Å². The van der Waals surface area contributed by atoms with Crippen molar-refractivity contribution in [3.8, 4) is 17.1 Å². The van der Waals surface area contributed by atoms with E-state index in [9.17, 15) is 13.2 Å². The average molecular weight is 381 g/mol. The summed E-state index contributed by atoms with van der Waals surface area (Å²) >= 11 is 0. The number of halogens is 3. The minimum absolute atomic E-state index is 0.110. The lowest BCUT2D eigenvalue weighted by atomic mass is 10.2. The smallest absolute Gasteiger partial charge is 0.418 e. The van der Waals surface area contributed by atoms with E-state index in [0.29, 0.717) is 12.2 Å². The maximum Gasteiger partial charge on any atom is 0.418 e. The number of hydrogen-bond acceptors (Lipinski definition) is 6. The quantitative estimate of drug-likeness (QED) is 0.555. The summed E-state index contributed by atoms with van der Waals surface area (Å²) in [5.74, 6) is -1.45. The van der Waals surface area contributed by atoms with Gasteiger partial charge in [-0.05, 0) is 19.4 Å². The van der Waals surface area contributed by atoms with Gasteiger partial charge in [0.15, 0.2) is 11.5 Å². The largest absolute Gasteiger partial charge is 0.476 e. The van der Waals surface area contributed by atoms with Crippen molar-refractivity contribution < 1.29 is 22.6 Å². The Kier molecular flexibility index (Phi) is 5.54. The van der Waals surface area contributed by atoms with E-state index in [1.165, 1.54) is 31.6 Å². The standard InChI is InChI=1S/C17H18F3N5O2/c1-3-5-6-26-15-12(18)7-11(8-22-15)13-10-25-14(9-21-13)23-24-16(25)17(19,20)27-4-2/h7-10H,3-6H2,1-2H3. The number of pyridine rings is 1. The van der Waals surface area contributed by atoms with E-state index in [4.69, 9.17) is 4.74 Å². The molecule has 0 aliphatic heterocycles. The minimum atomic E-state index is -3.62. The molecule has 0 spiro atoms. The zero-order valence-electron chi connectivity index (χ0n) is 14.8. The van der Waals surface area contributed by atoms with E-state index in [1.54, 1.807) is 0 Å². The van der Waals surface area contributed by atoms with Crippen LogP contribution in [0, 0.1) is 5.82 Å². The van der Waals surface area contributed by atoms with Crippen LogP contribution in [0.5, 0.6) is 5.88 Å². The lowest BCUT2D eigenvalue weighted by Crippen LogP contribution is -2.21. The zero-order chi connectivity index (χ0) is 19.4. The highest BCUT2D eigenvalue weighted by Crippen LogP contribution is 2.29. The summed E-state index contributed by atoms with van der Waals surface area (Å²) in [5, 5.41) is 7.14. The lowest BCUT2D eigenvalue weighted by molar-refractivity contribution is -0.251. The molecule has 0 bridgehead atoms. The highest BCUT2D eigenvalue weighted by atomic mass is 19.3. The number of alkyl halides is 2. The Bertz CT molecular complexity index is 932. The Balaban J connectivity index is 1.94. The van der Waals surface area contributed by atoms with Gasteiger partial charge in [0.1, 0.15) is 0 Å². The molecular formula is C17H18F3N5O2. The first kappa shape index (κ1) is 19.0. The van der Waals surface area contributed by atoms with Gasteiger partial charge in [0.05, 0.1) is 25.1 Å². The first-order valence-corrected chi connectivity index (χ1v) is 8.48. The lowest BCUT2D eigenvalue weighted by Gasteiger charge is -2.13. The molecule has 10 heteroatoms. The molecular weight excluding hydrogens is 363 g/mol. The third kappa shape index (κ3) is 4.00. The number of unbranched alkanes of at least 4 members (excludes halogenated alkanes) is 1. The van der Waals surface area contributed by atoms with Crippen LogP contribution >= 0.6 is 0 Å². The second-order valence-corrected chi connectivity index (χ2v) is 5.69. The van der Waals surface area contributed by atoms with Gasteiger partial charge in [-0.2, -0.15) is 8.78 Å². The first-order valence-electron chi connectivity index (χ1n) is 8.48. The highest BCUT2D eigenvalue weighted by molar-refractivity contribution is 5.59. The van der Waals surface area contributed by atoms with Crippen molar-refractivity contribution in [1.29, 1.82) is 0 Å². The van der Waals surface area contributed by atoms with Crippen molar-refractivity contribution in [3.63, 3.8) is 0 Å². The molecule has 0 atom stereocenters. The van der Waals surface area contributed by atoms with E-state index in [-0.39, 0.29) is 23.8 Å². The van der Waals surface area contributed by atoms with Crippen LogP contribution in [0.4, 0.5) is 13.2 Å². The molecule has 0 saturated heterocycles. The second kappa shape index (κ2) is 7.87. The molecule has 7 nitrogen and oxygen atoms in total. The molecule has 3 rings (SSSR count). The Morgan fingerprint density at radius 2 is 1.96 bits per heavy atom. The summed E-state index contributed by atoms with van der Waals surface area (Å²) in [7, 11) is 0. The maximum atomic E-state index is 14.2. The molecule has 0 N–H and O–H groups in total. The van der Waals surface area contributed by atoms with Crippen molar-refractivity contribution in [2.24, 2.45) is 0 Å². The van der Waals surface area contributed by atoms with Gasteiger partial charge in [-0.15, -0.1) is 10.2 Å². The topological polar surface area (TPSA) is 74.4 Å². The molecule has 3 aromatic rings. The van der Waals surface area contributed by atoms with Crippen LogP contribution in [-0.4, -0.2) is 37.8 Å². The Morgan fingerprint density at radius 3 is 2.67 bits per heavy atom. The predicted octanol–water partition coefficient (Wildman–Crippen LogP) is 3.59. The summed E-state index contributed by atoms with van der Waals surface area (Å²) in [4.78, 5) is 8.05. The number of aromatic nitrogens is 5. The van der Waals surface area contributed by atoms with Crippen LogP contribution in [0.25, 0.3) is 16.9 Å². The van der Waals surface area contributed by atoms with Gasteiger partial charge in [-0.3, -0.25) is 9.38 Å². The molecule has 0 aliphatic carbocycles. The van der Waals surface area contributed by atoms with Crippen LogP contribution in [0.15, 0.2) is 24.7 Å². The third-order valence-corrected chi connectivity index (χ3v) is 3.72. The van der Waals surface area contributed by atoms with Crippen LogP contribution in [0.3, 0.4) is 0 Å². The van der Waals surface area contributed by atoms with Crippen molar-refractivity contribution in [3.05, 3.63) is 36.3 Å². The minimum Gasteiger partial charge on any atom is -0.476 e. The third-order valence-electron chi connectivity index (χ3n) is 3.72. The van der Waals surface area contributed by atoms with Gasteiger partial charge in [0, 0.05) is 18.0 Å². The molecule has 0 aromatic carbocycles. The molecule has 0 radical (unpaired) electrons. The monoisotopic (exact) mass is 381 g/mol. The van der Waals surface area contributed by atoms with Crippen LogP contribution in [0.2, 0.25) is 0 Å². The average Bonchev–Trinajstić information content (AvgIpc) is 3.07. The predicted molar refractivity (Wildman–Crippen MR) is 89.9 cm³/mol. The van der Waals surface area contributed by atoms with Crippen LogP contribution in [0.1, 0.15) is 32.5 Å². The van der Waals surface area contributed by atoms with Gasteiger partial charge >= 0.3 is 6.11 Å². The van der Waals surface area contributed by atoms with E-state index in [1.807, 2.05) is 6.92 Å². The number of fused-ring (bicyclic) bond motifs is 1. The first-order chi connectivity index (χ1) is 13.0. The molecule has 0 amide bonds. The van der Waals surface area contributed by atoms with E-state index >= 15 is 0 Å². The second-order valence-electron chi connectivity index (χ2n) is 5.69. The fourth-order valence-corrected chi connectivity index (χ4v) is 2.38. The fraction of sp³-hybridized carbons (Fsp3) is 0.412. The molecule has 0 saturated carbocycles. The molecule has 0 aliphatic rings. The number of nitrogens with zero attached hydrogens (tertiary/aromatic N) is 5. The summed E-state index contributed by atoms with van der Waals surface area (Å²) < 4.78 is 53.1. The Morgan fingerprint density at radius 1 is 1.15 bits per heavy atom. The molecule has 0 unspecified atom stereocenters. The summed E-state index contributed by atoms with van der Waals surface area (Å²) in [6.45, 7) is 3.60. The van der Waals surface area contributed by atoms with Crippen molar-refractivity contribution >= 4 is 5.65 Å². The molecule has 0 fully saturated rings. The van der Waals surface area contributed by atoms with Crippen molar-refractivity contribution in [2.45, 2.75) is 32.8 Å². The molecule has 144 valence electrons. The van der Waals surface area contributed by atoms with E-state index in [2.05, 4.69) is 24.9 Å². The van der Waals surface area contributed by atoms with Gasteiger partial charge in [-0.25, -0.2) is 9.37 Å². The summed E-state index contributed by atoms with van der Waals surface area (Å²) in [6, 6.07) is 1.19. The Labute approximate surface area is 153 Å². The fourth-order valence-electron chi connectivity index (χ4n) is 2.38. The Hall–Kier alpha value is -2.75. The van der Waals surface area contributed by atoms with Gasteiger partial charge in [0.25, 0.3) is 0 Å². The zero-order valence-corrected chi connectivity index (χ0v) is 14.8. The maximum absolute atomic E-state index is 14.2. The summed E-state index contributed by atoms with van der Waals surface area (Å²) in [5.41, 5.74) is 0.639. The van der Waals surface area contributed by atoms with Gasteiger partial charge in [-0.1, -0.05) is 13.3 Å². The summed E-state index contributed by atoms with van der Waals surface area (Å²) in [6.07, 6.45) is 1.99. The number of ether oxygens (including phenoxy) is 2. The number of hydrogen-bond donors (Lipinski definition) is 0. The van der Waals surface area contributed by atoms with Gasteiger partial charge in [0.2, 0.25) is 11.7 Å². The normalized spacial score (nSPS) is 11.9. The van der Waals surface area contributed by atoms with Crippen molar-refractivity contribution in [2.75, 3.05) is 13.2 Å². The number of rotatable bonds is 8. The molecule has 27 heavy (non-hydrogen) atoms. The van der Waals surface area contributed by atoms with Crippen LogP contribution in [-0.2, 0) is 10.8 Å². The van der Waals surface area contributed by atoms with Gasteiger partial charge < -0.3 is 9.47 Å². The van der Waals surface area contributed by atoms with Crippen LogP contribution < -0.4 is 4.74 Å². The van der Waals surface area contributed by atoms with E-state index < -0.39 is 17.8 Å². The van der Waals surface area contributed by atoms with E-state index in [0.717, 1.165) is 17.2 Å². The molecule has 3 heterocycles. The molecule has 3 aromatic heterocycles. The SMILES string of the molecule is CCCCOc1ncc(-c2cn3c(C(F)(F)OCC)nnc3cn2)cc1F.